The van der Waals surface area contributed by atoms with Crippen molar-refractivity contribution in [2.24, 2.45) is 0 Å². The van der Waals surface area contributed by atoms with Crippen molar-refractivity contribution in [3.63, 3.8) is 0 Å². The molecule has 0 spiro atoms. The van der Waals surface area contributed by atoms with Crippen LogP contribution < -0.4 is 0 Å². The Bertz CT molecular complexity index is 272. The van der Waals surface area contributed by atoms with Crippen LogP contribution in [0.25, 0.3) is 0 Å². The molecule has 0 amide bonds. The molecule has 0 saturated carbocycles. The second-order valence-electron chi connectivity index (χ2n) is 2.28. The number of aromatic nitrogens is 2. The quantitative estimate of drug-likeness (QED) is 0.438. The summed E-state index contributed by atoms with van der Waals surface area (Å²) in [5.74, 6) is 0. The molecule has 5 N–H and O–H groups in total. The van der Waals surface area contributed by atoms with Crippen LogP contribution in [0, 0.1) is 0 Å². The molecule has 0 radical (unpaired) electrons. The van der Waals surface area contributed by atoms with E-state index in [1.54, 1.807) is 0 Å². The van der Waals surface area contributed by atoms with Crippen LogP contribution in [0.2, 0.25) is 0 Å². The van der Waals surface area contributed by atoms with Crippen LogP contribution in [-0.2, 0) is 4.57 Å². The molecule has 15 heavy (non-hydrogen) atoms. The molecule has 0 atom stereocenters. The van der Waals surface area contributed by atoms with Crippen molar-refractivity contribution in [2.75, 3.05) is 0 Å². The fourth-order valence-corrected chi connectivity index (χ4v) is 0.556. The molecule has 0 unspecified atom stereocenters. The van der Waals surface area contributed by atoms with E-state index in [9.17, 15) is 0 Å². The minimum atomic E-state index is -4.64. The Hall–Kier alpha value is -1.33. The van der Waals surface area contributed by atoms with Gasteiger partial charge in [0.2, 0.25) is 0 Å². The summed E-state index contributed by atoms with van der Waals surface area (Å²) < 4.78 is 8.88. The smallest absolute Gasteiger partial charge is 0.368 e. The number of hydrogen-bond donors (Lipinski definition) is 5. The Morgan fingerprint density at radius 3 is 1.00 bits per heavy atom. The Morgan fingerprint density at radius 1 is 0.733 bits per heavy atom. The van der Waals surface area contributed by atoms with E-state index in [-0.39, 0.29) is 0 Å². The Labute approximate surface area is 86.9 Å². The molecule has 0 bridgehead atoms. The second kappa shape index (κ2) is 8.02. The van der Waals surface area contributed by atoms with Gasteiger partial charge in [-0.05, 0) is 24.3 Å². The van der Waals surface area contributed by atoms with Crippen LogP contribution >= 0.6 is 7.82 Å². The average Bonchev–Trinajstić information content (AvgIpc) is 2.81. The summed E-state index contributed by atoms with van der Waals surface area (Å²) in [6.45, 7) is 0. The van der Waals surface area contributed by atoms with Crippen molar-refractivity contribution in [3.05, 3.63) is 49.1 Å². The van der Waals surface area contributed by atoms with Gasteiger partial charge < -0.3 is 24.6 Å². The number of phosphoric acid groups is 1. The van der Waals surface area contributed by atoms with Crippen molar-refractivity contribution in [3.8, 4) is 0 Å². The summed E-state index contributed by atoms with van der Waals surface area (Å²) in [5.41, 5.74) is 0. The van der Waals surface area contributed by atoms with Gasteiger partial charge in [0.15, 0.2) is 0 Å². The van der Waals surface area contributed by atoms with Crippen LogP contribution in [-0.4, -0.2) is 24.6 Å². The monoisotopic (exact) mass is 232 g/mol. The lowest BCUT2D eigenvalue weighted by Gasteiger charge is -1.82. The Kier molecular flexibility index (Phi) is 7.31. The summed E-state index contributed by atoms with van der Waals surface area (Å²) in [7, 11) is -4.64. The lowest BCUT2D eigenvalue weighted by atomic mass is 10.7. The topological polar surface area (TPSA) is 109 Å². The molecule has 2 aromatic heterocycles. The van der Waals surface area contributed by atoms with E-state index < -0.39 is 7.82 Å². The van der Waals surface area contributed by atoms with Gasteiger partial charge in [-0.3, -0.25) is 0 Å². The zero-order valence-electron chi connectivity index (χ0n) is 7.82. The SMILES string of the molecule is O=P(O)(O)O.c1cc[nH]c1.c1cc[nH]c1. The van der Waals surface area contributed by atoms with E-state index in [2.05, 4.69) is 9.97 Å². The van der Waals surface area contributed by atoms with Crippen LogP contribution in [0.5, 0.6) is 0 Å². The van der Waals surface area contributed by atoms with Gasteiger partial charge in [0.05, 0.1) is 0 Å². The molecule has 0 fully saturated rings. The molecule has 0 saturated heterocycles. The van der Waals surface area contributed by atoms with Crippen molar-refractivity contribution in [2.45, 2.75) is 0 Å². The minimum absolute atomic E-state index is 1.88. The lowest BCUT2D eigenvalue weighted by molar-refractivity contribution is 0.275. The molecule has 7 heteroatoms. The Morgan fingerprint density at radius 2 is 0.933 bits per heavy atom. The van der Waals surface area contributed by atoms with Crippen LogP contribution in [0.1, 0.15) is 0 Å². The van der Waals surface area contributed by atoms with Crippen molar-refractivity contribution in [1.29, 1.82) is 0 Å². The molecule has 0 aromatic carbocycles. The van der Waals surface area contributed by atoms with E-state index in [4.69, 9.17) is 19.2 Å². The van der Waals surface area contributed by atoms with Gasteiger partial charge in [0, 0.05) is 24.8 Å². The molecule has 2 rings (SSSR count). The molecular weight excluding hydrogens is 219 g/mol. The number of nitrogens with one attached hydrogen (secondary N) is 2. The Balaban J connectivity index is 0.000000196. The molecule has 0 aliphatic rings. The second-order valence-corrected chi connectivity index (χ2v) is 3.31. The van der Waals surface area contributed by atoms with E-state index in [0.29, 0.717) is 0 Å². The van der Waals surface area contributed by atoms with E-state index in [1.807, 2.05) is 49.1 Å². The van der Waals surface area contributed by atoms with Crippen LogP contribution in [0.4, 0.5) is 0 Å². The van der Waals surface area contributed by atoms with Gasteiger partial charge in [-0.1, -0.05) is 0 Å². The average molecular weight is 232 g/mol. The van der Waals surface area contributed by atoms with Gasteiger partial charge in [-0.15, -0.1) is 0 Å². The molecule has 2 aromatic rings. The highest BCUT2D eigenvalue weighted by Gasteiger charge is 2.00. The van der Waals surface area contributed by atoms with Crippen LogP contribution in [0.15, 0.2) is 49.1 Å². The predicted molar refractivity (Wildman–Crippen MR) is 55.8 cm³/mol. The largest absolute Gasteiger partial charge is 0.466 e. The van der Waals surface area contributed by atoms with Crippen molar-refractivity contribution >= 4 is 7.82 Å². The zero-order valence-corrected chi connectivity index (χ0v) is 8.71. The minimum Gasteiger partial charge on any atom is -0.368 e. The molecule has 0 aliphatic carbocycles. The van der Waals surface area contributed by atoms with Crippen molar-refractivity contribution < 1.29 is 19.2 Å². The molecular formula is C8H13N2O4P. The maximum atomic E-state index is 8.88. The number of hydrogen-bond acceptors (Lipinski definition) is 1. The number of aromatic amines is 2. The van der Waals surface area contributed by atoms with Gasteiger partial charge in [-0.25, -0.2) is 4.57 Å². The van der Waals surface area contributed by atoms with Crippen LogP contribution in [0.3, 0.4) is 0 Å². The maximum absolute atomic E-state index is 8.88. The number of H-pyrrole nitrogens is 2. The molecule has 0 aliphatic heterocycles. The fourth-order valence-electron chi connectivity index (χ4n) is 0.556. The summed E-state index contributed by atoms with van der Waals surface area (Å²) >= 11 is 0. The standard InChI is InChI=1S/2C4H5N.H3O4P/c2*1-2-4-5-3-1;1-5(2,3)4/h2*1-5H;(H3,1,2,3,4). The molecule has 2 heterocycles. The third kappa shape index (κ3) is 19.2. The molecule has 6 nitrogen and oxygen atoms in total. The highest BCUT2D eigenvalue weighted by atomic mass is 31.2. The summed E-state index contributed by atoms with van der Waals surface area (Å²) in [4.78, 5) is 27.3. The third-order valence-electron chi connectivity index (χ3n) is 0.992. The first-order chi connectivity index (χ1) is 7.00. The first-order valence-electron chi connectivity index (χ1n) is 3.94. The summed E-state index contributed by atoms with van der Waals surface area (Å²) in [6, 6.07) is 7.78. The van der Waals surface area contributed by atoms with Gasteiger partial charge in [0.25, 0.3) is 0 Å². The van der Waals surface area contributed by atoms with E-state index in [0.717, 1.165) is 0 Å². The first-order valence-corrected chi connectivity index (χ1v) is 5.50. The predicted octanol–water partition coefficient (Wildman–Crippen LogP) is 1.10. The maximum Gasteiger partial charge on any atom is 0.466 e. The number of rotatable bonds is 0. The lowest BCUT2D eigenvalue weighted by Crippen LogP contribution is -1.66. The highest BCUT2D eigenvalue weighted by Crippen LogP contribution is 2.25. The fraction of sp³-hybridized carbons (Fsp3) is 0. The third-order valence-corrected chi connectivity index (χ3v) is 0.992. The van der Waals surface area contributed by atoms with Crippen molar-refractivity contribution in [1.82, 2.24) is 9.97 Å². The highest BCUT2D eigenvalue weighted by molar-refractivity contribution is 7.45. The normalized spacial score (nSPS) is 9.27. The van der Waals surface area contributed by atoms with Gasteiger partial charge >= 0.3 is 7.82 Å². The summed E-state index contributed by atoms with van der Waals surface area (Å²) in [6.07, 6.45) is 7.50. The van der Waals surface area contributed by atoms with Gasteiger partial charge in [0.1, 0.15) is 0 Å². The van der Waals surface area contributed by atoms with E-state index in [1.165, 1.54) is 0 Å². The first kappa shape index (κ1) is 13.7. The zero-order chi connectivity index (χ0) is 11.6. The summed E-state index contributed by atoms with van der Waals surface area (Å²) in [5, 5.41) is 0. The van der Waals surface area contributed by atoms with E-state index >= 15 is 0 Å². The van der Waals surface area contributed by atoms with Gasteiger partial charge in [-0.2, -0.15) is 0 Å². The molecule has 84 valence electrons.